The largest absolute Gasteiger partial charge is 0.404 e. The van der Waals surface area contributed by atoms with Crippen molar-refractivity contribution in [2.24, 2.45) is 5.73 Å². The van der Waals surface area contributed by atoms with Crippen LogP contribution >= 0.6 is 0 Å². The van der Waals surface area contributed by atoms with Gasteiger partial charge >= 0.3 is 0 Å². The molecule has 1 aromatic rings. The Morgan fingerprint density at radius 3 is 2.60 bits per heavy atom. The van der Waals surface area contributed by atoms with E-state index in [-0.39, 0.29) is 0 Å². The maximum absolute atomic E-state index is 5.24. The van der Waals surface area contributed by atoms with Gasteiger partial charge in [-0.05, 0) is 6.92 Å². The minimum Gasteiger partial charge on any atom is -0.404 e. The van der Waals surface area contributed by atoms with Gasteiger partial charge in [0.05, 0.1) is 0 Å². The molecule has 0 unspecified atom stereocenters. The molecule has 0 spiro atoms. The van der Waals surface area contributed by atoms with E-state index in [0.717, 1.165) is 5.57 Å². The molecule has 0 amide bonds. The fourth-order valence-electron chi connectivity index (χ4n) is 0.517. The second-order valence-corrected chi connectivity index (χ2v) is 1.81. The third-order valence-electron chi connectivity index (χ3n) is 1.10. The summed E-state index contributed by atoms with van der Waals surface area (Å²) >= 11 is 0. The number of aromatic nitrogens is 3. The van der Waals surface area contributed by atoms with Crippen molar-refractivity contribution in [1.82, 2.24) is 15.0 Å². The molecule has 0 radical (unpaired) electrons. The Bertz CT molecular complexity index is 229. The van der Waals surface area contributed by atoms with Gasteiger partial charge in [0.15, 0.2) is 5.82 Å². The van der Waals surface area contributed by atoms with Crippen LogP contribution in [0.15, 0.2) is 18.9 Å². The van der Waals surface area contributed by atoms with Crippen LogP contribution in [-0.2, 0) is 0 Å². The second kappa shape index (κ2) is 2.91. The van der Waals surface area contributed by atoms with Crippen molar-refractivity contribution in [2.75, 3.05) is 0 Å². The third kappa shape index (κ3) is 1.28. The van der Waals surface area contributed by atoms with Gasteiger partial charge in [0.2, 0.25) is 0 Å². The molecule has 0 saturated heterocycles. The van der Waals surface area contributed by atoms with Gasteiger partial charge in [-0.2, -0.15) is 0 Å². The highest BCUT2D eigenvalue weighted by Gasteiger charge is 1.93. The highest BCUT2D eigenvalue weighted by atomic mass is 15.0. The summed E-state index contributed by atoms with van der Waals surface area (Å²) in [7, 11) is 0. The first kappa shape index (κ1) is 6.67. The van der Waals surface area contributed by atoms with Gasteiger partial charge in [-0.1, -0.05) is 0 Å². The third-order valence-corrected chi connectivity index (χ3v) is 1.10. The fraction of sp³-hybridized carbons (Fsp3) is 0.167. The molecule has 0 aliphatic heterocycles. The highest BCUT2D eigenvalue weighted by Crippen LogP contribution is 2.01. The first-order valence-electron chi connectivity index (χ1n) is 2.85. The molecule has 0 fully saturated rings. The van der Waals surface area contributed by atoms with E-state index in [1.165, 1.54) is 18.9 Å². The zero-order valence-corrected chi connectivity index (χ0v) is 5.65. The summed E-state index contributed by atoms with van der Waals surface area (Å²) in [6, 6.07) is 0. The maximum atomic E-state index is 5.24. The predicted molar refractivity (Wildman–Crippen MR) is 37.7 cm³/mol. The van der Waals surface area contributed by atoms with Crippen LogP contribution in [0, 0.1) is 0 Å². The summed E-state index contributed by atoms with van der Waals surface area (Å²) in [6.07, 6.45) is 4.35. The lowest BCUT2D eigenvalue weighted by Crippen LogP contribution is -1.93. The Kier molecular flexibility index (Phi) is 1.94. The Morgan fingerprint density at radius 1 is 1.50 bits per heavy atom. The topological polar surface area (TPSA) is 64.7 Å². The number of allylic oxidation sites excluding steroid dienone is 1. The summed E-state index contributed by atoms with van der Waals surface area (Å²) in [4.78, 5) is 11.4. The van der Waals surface area contributed by atoms with Gasteiger partial charge in [0.25, 0.3) is 0 Å². The molecular formula is C6H8N4. The van der Waals surface area contributed by atoms with Gasteiger partial charge in [0.1, 0.15) is 12.7 Å². The van der Waals surface area contributed by atoms with E-state index in [1.54, 1.807) is 0 Å². The van der Waals surface area contributed by atoms with Gasteiger partial charge in [0, 0.05) is 11.8 Å². The Labute approximate surface area is 58.8 Å². The number of rotatable bonds is 1. The lowest BCUT2D eigenvalue weighted by Gasteiger charge is -1.93. The zero-order chi connectivity index (χ0) is 7.40. The van der Waals surface area contributed by atoms with Crippen molar-refractivity contribution in [3.05, 3.63) is 24.7 Å². The van der Waals surface area contributed by atoms with E-state index in [2.05, 4.69) is 15.0 Å². The van der Waals surface area contributed by atoms with E-state index in [1.807, 2.05) is 6.92 Å². The number of nitrogens with zero attached hydrogens (tertiary/aromatic N) is 3. The van der Waals surface area contributed by atoms with Crippen LogP contribution in [0.4, 0.5) is 0 Å². The summed E-state index contributed by atoms with van der Waals surface area (Å²) < 4.78 is 0. The lowest BCUT2D eigenvalue weighted by atomic mass is 10.3. The van der Waals surface area contributed by atoms with Crippen LogP contribution in [0.3, 0.4) is 0 Å². The van der Waals surface area contributed by atoms with Gasteiger partial charge < -0.3 is 5.73 Å². The average Bonchev–Trinajstić information content (AvgIpc) is 2.05. The van der Waals surface area contributed by atoms with Gasteiger partial charge in [-0.25, -0.2) is 15.0 Å². The molecule has 1 aromatic heterocycles. The fourth-order valence-corrected chi connectivity index (χ4v) is 0.517. The van der Waals surface area contributed by atoms with Crippen molar-refractivity contribution in [2.45, 2.75) is 6.92 Å². The number of hydrogen-bond donors (Lipinski definition) is 1. The smallest absolute Gasteiger partial charge is 0.159 e. The average molecular weight is 136 g/mol. The normalized spacial score (nSPS) is 11.5. The van der Waals surface area contributed by atoms with E-state index in [4.69, 9.17) is 5.73 Å². The number of hydrogen-bond acceptors (Lipinski definition) is 4. The molecule has 0 saturated carbocycles. The first-order valence-corrected chi connectivity index (χ1v) is 2.85. The molecule has 4 nitrogen and oxygen atoms in total. The maximum Gasteiger partial charge on any atom is 0.159 e. The Balaban J connectivity index is 2.96. The highest BCUT2D eigenvalue weighted by molar-refractivity contribution is 5.55. The first-order chi connectivity index (χ1) is 4.84. The monoisotopic (exact) mass is 136 g/mol. The molecule has 10 heavy (non-hydrogen) atoms. The van der Waals surface area contributed by atoms with Crippen LogP contribution in [0.5, 0.6) is 0 Å². The summed E-state index contributed by atoms with van der Waals surface area (Å²) in [6.45, 7) is 1.84. The van der Waals surface area contributed by atoms with Crippen LogP contribution in [0.25, 0.3) is 5.57 Å². The molecular weight excluding hydrogens is 128 g/mol. The lowest BCUT2D eigenvalue weighted by molar-refractivity contribution is 1.01. The summed E-state index contributed by atoms with van der Waals surface area (Å²) in [5, 5.41) is 0. The van der Waals surface area contributed by atoms with E-state index < -0.39 is 0 Å². The standard InChI is InChI=1S/C6H8N4/c1-5(2-7)6-9-3-8-4-10-6/h2-4H,7H2,1H3. The van der Waals surface area contributed by atoms with Crippen LogP contribution in [0.1, 0.15) is 12.7 Å². The summed E-state index contributed by atoms with van der Waals surface area (Å²) in [5.41, 5.74) is 6.09. The second-order valence-electron chi connectivity index (χ2n) is 1.81. The minimum absolute atomic E-state index is 0.623. The SMILES string of the molecule is CC(=CN)c1ncncn1. The van der Waals surface area contributed by atoms with E-state index in [0.29, 0.717) is 5.82 Å². The van der Waals surface area contributed by atoms with Crippen molar-refractivity contribution >= 4 is 5.57 Å². The molecule has 1 heterocycles. The predicted octanol–water partition coefficient (Wildman–Crippen LogP) is 0.191. The molecule has 0 bridgehead atoms. The van der Waals surface area contributed by atoms with Crippen molar-refractivity contribution in [1.29, 1.82) is 0 Å². The van der Waals surface area contributed by atoms with Crippen LogP contribution in [0.2, 0.25) is 0 Å². The number of nitrogens with two attached hydrogens (primary N) is 1. The molecule has 4 heteroatoms. The van der Waals surface area contributed by atoms with Gasteiger partial charge in [-0.3, -0.25) is 0 Å². The zero-order valence-electron chi connectivity index (χ0n) is 5.65. The van der Waals surface area contributed by atoms with E-state index in [9.17, 15) is 0 Å². The minimum atomic E-state index is 0.623. The molecule has 0 aromatic carbocycles. The van der Waals surface area contributed by atoms with Crippen molar-refractivity contribution in [3.8, 4) is 0 Å². The van der Waals surface area contributed by atoms with Crippen LogP contribution < -0.4 is 5.73 Å². The molecule has 1 rings (SSSR count). The molecule has 0 aliphatic rings. The van der Waals surface area contributed by atoms with Crippen molar-refractivity contribution < 1.29 is 0 Å². The summed E-state index contributed by atoms with van der Waals surface area (Å²) in [5.74, 6) is 0.623. The molecule has 0 aliphatic carbocycles. The Hall–Kier alpha value is -1.45. The molecule has 2 N–H and O–H groups in total. The van der Waals surface area contributed by atoms with Crippen LogP contribution in [-0.4, -0.2) is 15.0 Å². The quantitative estimate of drug-likeness (QED) is 0.598. The molecule has 0 atom stereocenters. The van der Waals surface area contributed by atoms with Crippen molar-refractivity contribution in [3.63, 3.8) is 0 Å². The van der Waals surface area contributed by atoms with E-state index >= 15 is 0 Å². The Morgan fingerprint density at radius 2 is 2.10 bits per heavy atom. The molecule has 52 valence electrons. The van der Waals surface area contributed by atoms with Gasteiger partial charge in [-0.15, -0.1) is 0 Å².